The molecule has 0 aliphatic heterocycles. The maximum absolute atomic E-state index is 4.46. The lowest BCUT2D eigenvalue weighted by molar-refractivity contribution is 0.455. The number of aryl methyl sites for hydroxylation is 1. The van der Waals surface area contributed by atoms with Crippen LogP contribution < -0.4 is 0 Å². The van der Waals surface area contributed by atoms with Crippen LogP contribution in [0.2, 0.25) is 0 Å². The Hall–Kier alpha value is -1.77. The van der Waals surface area contributed by atoms with Gasteiger partial charge in [0, 0.05) is 0 Å². The fraction of sp³-hybridized carbons (Fsp3) is 0.333. The van der Waals surface area contributed by atoms with Gasteiger partial charge < -0.3 is 0 Å². The largest absolute Gasteiger partial charge is 0.227 e. The fourth-order valence-electron chi connectivity index (χ4n) is 2.09. The molecule has 6 nitrogen and oxygen atoms in total. The number of tetrazole rings is 1. The summed E-state index contributed by atoms with van der Waals surface area (Å²) in [5.41, 5.74) is 3.24. The summed E-state index contributed by atoms with van der Waals surface area (Å²) < 4.78 is 2.87. The van der Waals surface area contributed by atoms with Gasteiger partial charge in [-0.2, -0.15) is 9.90 Å². The van der Waals surface area contributed by atoms with E-state index in [4.69, 9.17) is 0 Å². The van der Waals surface area contributed by atoms with Crippen LogP contribution in [0, 0.1) is 3.70 Å². The molecule has 0 aliphatic carbocycles. The Labute approximate surface area is 142 Å². The van der Waals surface area contributed by atoms with Gasteiger partial charge in [-0.05, 0) is 65.8 Å². The normalized spacial score (nSPS) is 11.3. The van der Waals surface area contributed by atoms with Gasteiger partial charge in [-0.25, -0.2) is 4.68 Å². The molecule has 3 rings (SSSR count). The monoisotopic (exact) mass is 408 g/mol. The first-order valence-electron chi connectivity index (χ1n) is 7.23. The Kier molecular flexibility index (Phi) is 4.23. The zero-order valence-corrected chi connectivity index (χ0v) is 14.9. The standard InChI is InChI=1S/C15H17IN6/c1-4-11-5-7-12(8-6-11)21-14(16)13(9-17-21)15-18-20-22(19-15)10(2)3/h5-10H,4H2,1-3H3. The van der Waals surface area contributed by atoms with Crippen molar-refractivity contribution >= 4 is 22.6 Å². The molecule has 0 fully saturated rings. The highest BCUT2D eigenvalue weighted by Crippen LogP contribution is 2.24. The third-order valence-corrected chi connectivity index (χ3v) is 4.47. The van der Waals surface area contributed by atoms with Crippen molar-refractivity contribution in [2.24, 2.45) is 0 Å². The molecule has 3 aromatic rings. The number of benzene rings is 1. The third-order valence-electron chi connectivity index (χ3n) is 3.43. The minimum absolute atomic E-state index is 0.190. The van der Waals surface area contributed by atoms with E-state index < -0.39 is 0 Å². The number of rotatable bonds is 4. The lowest BCUT2D eigenvalue weighted by Gasteiger charge is -2.04. The molecule has 0 saturated heterocycles. The Morgan fingerprint density at radius 3 is 2.50 bits per heavy atom. The van der Waals surface area contributed by atoms with Crippen LogP contribution in [0.25, 0.3) is 17.1 Å². The molecule has 0 amide bonds. The van der Waals surface area contributed by atoms with Crippen LogP contribution in [0.3, 0.4) is 0 Å². The first-order chi connectivity index (χ1) is 10.6. The molecule has 0 atom stereocenters. The van der Waals surface area contributed by atoms with Crippen LogP contribution in [-0.4, -0.2) is 30.0 Å². The summed E-state index contributed by atoms with van der Waals surface area (Å²) in [4.78, 5) is 1.61. The van der Waals surface area contributed by atoms with Gasteiger partial charge >= 0.3 is 0 Å². The van der Waals surface area contributed by atoms with Crippen molar-refractivity contribution < 1.29 is 0 Å². The number of halogens is 1. The summed E-state index contributed by atoms with van der Waals surface area (Å²) in [5, 5.41) is 17.1. The first-order valence-corrected chi connectivity index (χ1v) is 8.30. The van der Waals surface area contributed by atoms with Crippen molar-refractivity contribution in [3.8, 4) is 17.1 Å². The second-order valence-corrected chi connectivity index (χ2v) is 6.33. The van der Waals surface area contributed by atoms with Gasteiger partial charge in [-0.3, -0.25) is 0 Å². The molecule has 0 saturated carbocycles. The van der Waals surface area contributed by atoms with Crippen molar-refractivity contribution in [2.75, 3.05) is 0 Å². The van der Waals surface area contributed by atoms with Crippen molar-refractivity contribution in [2.45, 2.75) is 33.2 Å². The van der Waals surface area contributed by atoms with E-state index in [-0.39, 0.29) is 6.04 Å². The van der Waals surface area contributed by atoms with E-state index in [1.165, 1.54) is 5.56 Å². The van der Waals surface area contributed by atoms with E-state index in [0.29, 0.717) is 5.82 Å². The Balaban J connectivity index is 1.96. The maximum Gasteiger partial charge on any atom is 0.209 e. The molecule has 1 aromatic carbocycles. The van der Waals surface area contributed by atoms with E-state index >= 15 is 0 Å². The average Bonchev–Trinajstić information content (AvgIpc) is 3.14. The number of nitrogens with zero attached hydrogens (tertiary/aromatic N) is 6. The highest BCUT2D eigenvalue weighted by atomic mass is 127. The summed E-state index contributed by atoms with van der Waals surface area (Å²) >= 11 is 2.27. The number of aromatic nitrogens is 6. The summed E-state index contributed by atoms with van der Waals surface area (Å²) in [5.74, 6) is 0.606. The molecule has 0 unspecified atom stereocenters. The van der Waals surface area contributed by atoms with Crippen LogP contribution in [0.4, 0.5) is 0 Å². The lowest BCUT2D eigenvalue weighted by atomic mass is 10.1. The van der Waals surface area contributed by atoms with Crippen molar-refractivity contribution in [3.63, 3.8) is 0 Å². The predicted octanol–water partition coefficient (Wildman–Crippen LogP) is 3.27. The molecule has 2 aromatic heterocycles. The predicted molar refractivity (Wildman–Crippen MR) is 92.9 cm³/mol. The molecule has 7 heteroatoms. The molecule has 2 heterocycles. The van der Waals surface area contributed by atoms with Crippen LogP contribution in [0.15, 0.2) is 30.5 Å². The zero-order valence-electron chi connectivity index (χ0n) is 12.7. The molecule has 114 valence electrons. The summed E-state index contributed by atoms with van der Waals surface area (Å²) in [7, 11) is 0. The van der Waals surface area contributed by atoms with Gasteiger partial charge in [0.1, 0.15) is 3.70 Å². The van der Waals surface area contributed by atoms with Gasteiger partial charge in [0.25, 0.3) is 0 Å². The minimum Gasteiger partial charge on any atom is -0.227 e. The summed E-state index contributed by atoms with van der Waals surface area (Å²) in [6.07, 6.45) is 2.82. The number of hydrogen-bond acceptors (Lipinski definition) is 4. The maximum atomic E-state index is 4.46. The number of hydrogen-bond donors (Lipinski definition) is 0. The van der Waals surface area contributed by atoms with Crippen LogP contribution in [0.1, 0.15) is 32.4 Å². The van der Waals surface area contributed by atoms with E-state index in [2.05, 4.69) is 74.3 Å². The summed E-state index contributed by atoms with van der Waals surface area (Å²) in [6, 6.07) is 8.60. The molecule has 0 spiro atoms. The molecule has 22 heavy (non-hydrogen) atoms. The smallest absolute Gasteiger partial charge is 0.209 e. The Bertz CT molecular complexity index is 772. The lowest BCUT2D eigenvalue weighted by Crippen LogP contribution is -2.04. The van der Waals surface area contributed by atoms with E-state index in [1.54, 1.807) is 11.0 Å². The van der Waals surface area contributed by atoms with Crippen LogP contribution in [0.5, 0.6) is 0 Å². The average molecular weight is 408 g/mol. The molecule has 0 aliphatic rings. The molecule has 0 radical (unpaired) electrons. The quantitative estimate of drug-likeness (QED) is 0.622. The van der Waals surface area contributed by atoms with Crippen molar-refractivity contribution in [1.29, 1.82) is 0 Å². The zero-order chi connectivity index (χ0) is 15.7. The fourth-order valence-corrected chi connectivity index (χ4v) is 2.87. The van der Waals surface area contributed by atoms with Crippen molar-refractivity contribution in [1.82, 2.24) is 30.0 Å². The van der Waals surface area contributed by atoms with Crippen LogP contribution >= 0.6 is 22.6 Å². The third kappa shape index (κ3) is 2.77. The Morgan fingerprint density at radius 2 is 1.91 bits per heavy atom. The highest BCUT2D eigenvalue weighted by Gasteiger charge is 2.16. The van der Waals surface area contributed by atoms with Gasteiger partial charge in [0.05, 0.1) is 23.5 Å². The van der Waals surface area contributed by atoms with E-state index in [0.717, 1.165) is 21.4 Å². The van der Waals surface area contributed by atoms with Gasteiger partial charge in [-0.1, -0.05) is 19.1 Å². The minimum atomic E-state index is 0.190. The van der Waals surface area contributed by atoms with Crippen LogP contribution in [-0.2, 0) is 6.42 Å². The van der Waals surface area contributed by atoms with Gasteiger partial charge in [-0.15, -0.1) is 10.2 Å². The molecule has 0 bridgehead atoms. The SMILES string of the molecule is CCc1ccc(-n2ncc(-c3nnn(C(C)C)n3)c2I)cc1. The Morgan fingerprint density at radius 1 is 1.18 bits per heavy atom. The van der Waals surface area contributed by atoms with E-state index in [1.807, 2.05) is 18.5 Å². The van der Waals surface area contributed by atoms with Gasteiger partial charge in [0.15, 0.2) is 0 Å². The molecule has 0 N–H and O–H groups in total. The second kappa shape index (κ2) is 6.15. The summed E-state index contributed by atoms with van der Waals surface area (Å²) in [6.45, 7) is 6.19. The second-order valence-electron chi connectivity index (χ2n) is 5.31. The molecular weight excluding hydrogens is 391 g/mol. The van der Waals surface area contributed by atoms with E-state index in [9.17, 15) is 0 Å². The highest BCUT2D eigenvalue weighted by molar-refractivity contribution is 14.1. The topological polar surface area (TPSA) is 61.4 Å². The van der Waals surface area contributed by atoms with Gasteiger partial charge in [0.2, 0.25) is 5.82 Å². The first kappa shape index (κ1) is 15.1. The molecular formula is C15H17IN6. The van der Waals surface area contributed by atoms with Crippen molar-refractivity contribution in [3.05, 3.63) is 39.7 Å².